The number of hydrogen-bond acceptors (Lipinski definition) is 4. The maximum atomic E-state index is 13.7. The minimum atomic E-state index is -0.385. The van der Waals surface area contributed by atoms with Crippen LogP contribution in [0.4, 0.5) is 4.39 Å². The molecule has 0 radical (unpaired) electrons. The number of rotatable bonds is 1. The van der Waals surface area contributed by atoms with Crippen molar-refractivity contribution in [2.75, 3.05) is 6.61 Å². The van der Waals surface area contributed by atoms with Gasteiger partial charge in [0.15, 0.2) is 11.6 Å². The topological polar surface area (TPSA) is 42.4 Å². The summed E-state index contributed by atoms with van der Waals surface area (Å²) in [6.45, 7) is 1.81. The Morgan fingerprint density at radius 2 is 2.50 bits per heavy atom. The fourth-order valence-electron chi connectivity index (χ4n) is 2.04. The van der Waals surface area contributed by atoms with E-state index in [0.717, 1.165) is 15.3 Å². The largest absolute Gasteiger partial charge is 0.484 e. The van der Waals surface area contributed by atoms with E-state index in [-0.39, 0.29) is 24.3 Å². The number of aliphatic hydroxyl groups excluding tert-OH is 1. The van der Waals surface area contributed by atoms with Crippen LogP contribution in [0.3, 0.4) is 0 Å². The van der Waals surface area contributed by atoms with E-state index in [0.29, 0.717) is 11.9 Å². The van der Waals surface area contributed by atoms with Gasteiger partial charge in [0.2, 0.25) is 0 Å². The summed E-state index contributed by atoms with van der Waals surface area (Å²) in [4.78, 5) is 4.26. The zero-order valence-corrected chi connectivity index (χ0v) is 9.47. The summed E-state index contributed by atoms with van der Waals surface area (Å²) >= 11 is 1.54. The smallest absolute Gasteiger partial charge is 0.167 e. The monoisotopic (exact) mass is 239 g/mol. The molecule has 0 fully saturated rings. The number of benzene rings is 1. The highest BCUT2D eigenvalue weighted by atomic mass is 32.1. The Morgan fingerprint density at radius 1 is 1.69 bits per heavy atom. The van der Waals surface area contributed by atoms with Crippen molar-refractivity contribution in [2.24, 2.45) is 0 Å². The standard InChI is InChI=1S/C11H10FNO2S/c1-5-13-9-3-8(12)10-7(11(9)16-5)2-6(4-14)15-10/h3,6,14H,2,4H2,1H3. The third kappa shape index (κ3) is 1.32. The lowest BCUT2D eigenvalue weighted by atomic mass is 10.1. The number of ether oxygens (including phenoxy) is 1. The number of aryl methyl sites for hydroxylation is 1. The van der Waals surface area contributed by atoms with E-state index in [9.17, 15) is 4.39 Å². The summed E-state index contributed by atoms with van der Waals surface area (Å²) in [5.41, 5.74) is 1.53. The number of fused-ring (bicyclic) bond motifs is 3. The number of halogens is 1. The normalized spacial score (nSPS) is 18.8. The van der Waals surface area contributed by atoms with Gasteiger partial charge in [-0.05, 0) is 6.92 Å². The lowest BCUT2D eigenvalue weighted by molar-refractivity contribution is 0.131. The number of hydrogen-bond donors (Lipinski definition) is 1. The summed E-state index contributed by atoms with van der Waals surface area (Å²) < 4.78 is 20.0. The first-order valence-corrected chi connectivity index (χ1v) is 5.86. The van der Waals surface area contributed by atoms with E-state index in [1.807, 2.05) is 6.92 Å². The number of aliphatic hydroxyl groups is 1. The van der Waals surface area contributed by atoms with Crippen molar-refractivity contribution in [1.29, 1.82) is 0 Å². The molecule has 2 heterocycles. The Labute approximate surface area is 95.5 Å². The summed E-state index contributed by atoms with van der Waals surface area (Å²) in [5.74, 6) is -0.0982. The second-order valence-corrected chi connectivity index (χ2v) is 5.08. The molecule has 0 saturated carbocycles. The van der Waals surface area contributed by atoms with E-state index in [1.165, 1.54) is 17.4 Å². The lowest BCUT2D eigenvalue weighted by Crippen LogP contribution is -2.17. The number of nitrogens with zero attached hydrogens (tertiary/aromatic N) is 1. The fraction of sp³-hybridized carbons (Fsp3) is 0.364. The highest BCUT2D eigenvalue weighted by Gasteiger charge is 2.28. The van der Waals surface area contributed by atoms with Gasteiger partial charge in [-0.1, -0.05) is 0 Å². The molecule has 1 aromatic heterocycles. The van der Waals surface area contributed by atoms with Crippen molar-refractivity contribution < 1.29 is 14.2 Å². The van der Waals surface area contributed by atoms with Gasteiger partial charge in [-0.2, -0.15) is 0 Å². The molecule has 84 valence electrons. The average molecular weight is 239 g/mol. The highest BCUT2D eigenvalue weighted by Crippen LogP contribution is 2.39. The van der Waals surface area contributed by atoms with E-state index in [2.05, 4.69) is 4.98 Å². The summed E-state index contributed by atoms with van der Waals surface area (Å²) in [6, 6.07) is 1.40. The SMILES string of the molecule is Cc1nc2cc(F)c3c(c2s1)CC(CO)O3. The van der Waals surface area contributed by atoms with Gasteiger partial charge in [0.1, 0.15) is 6.10 Å². The second kappa shape index (κ2) is 3.40. The van der Waals surface area contributed by atoms with Gasteiger partial charge in [0, 0.05) is 18.1 Å². The van der Waals surface area contributed by atoms with Gasteiger partial charge < -0.3 is 9.84 Å². The second-order valence-electron chi connectivity index (χ2n) is 3.87. The van der Waals surface area contributed by atoms with Crippen LogP contribution in [0.5, 0.6) is 5.75 Å². The maximum Gasteiger partial charge on any atom is 0.167 e. The first-order valence-electron chi connectivity index (χ1n) is 5.05. The highest BCUT2D eigenvalue weighted by molar-refractivity contribution is 7.18. The van der Waals surface area contributed by atoms with Crippen molar-refractivity contribution in [3.63, 3.8) is 0 Å². The molecule has 5 heteroatoms. The average Bonchev–Trinajstić information content (AvgIpc) is 2.80. The maximum absolute atomic E-state index is 13.7. The molecule has 0 bridgehead atoms. The van der Waals surface area contributed by atoms with Gasteiger partial charge in [0.05, 0.1) is 21.8 Å². The Balaban J connectivity index is 2.26. The predicted molar refractivity (Wildman–Crippen MR) is 59.5 cm³/mol. The minimum absolute atomic E-state index is 0.0899. The molecule has 1 N–H and O–H groups in total. The molecule has 0 saturated heterocycles. The van der Waals surface area contributed by atoms with E-state index in [1.54, 1.807) is 0 Å². The summed E-state index contributed by atoms with van der Waals surface area (Å²) in [7, 11) is 0. The van der Waals surface area contributed by atoms with Crippen LogP contribution in [0.1, 0.15) is 10.6 Å². The van der Waals surface area contributed by atoms with Crippen LogP contribution in [0.15, 0.2) is 6.07 Å². The van der Waals surface area contributed by atoms with Crippen LogP contribution < -0.4 is 4.74 Å². The summed E-state index contributed by atoms with van der Waals surface area (Å²) in [6.07, 6.45) is 0.236. The van der Waals surface area contributed by atoms with Crippen molar-refractivity contribution in [1.82, 2.24) is 4.98 Å². The molecule has 1 atom stereocenters. The van der Waals surface area contributed by atoms with Crippen LogP contribution in [0, 0.1) is 12.7 Å². The van der Waals surface area contributed by atoms with Gasteiger partial charge >= 0.3 is 0 Å². The molecule has 1 aliphatic heterocycles. The van der Waals surface area contributed by atoms with Crippen molar-refractivity contribution in [3.8, 4) is 5.75 Å². The molecule has 1 aliphatic rings. The Bertz CT molecular complexity index is 567. The Hall–Kier alpha value is -1.20. The van der Waals surface area contributed by atoms with Crippen molar-refractivity contribution >= 4 is 21.6 Å². The number of thiazole rings is 1. The Kier molecular flexibility index (Phi) is 2.12. The molecule has 1 unspecified atom stereocenters. The third-order valence-electron chi connectivity index (χ3n) is 2.71. The van der Waals surface area contributed by atoms with Crippen LogP contribution in [0.2, 0.25) is 0 Å². The summed E-state index contributed by atoms with van der Waals surface area (Å²) in [5, 5.41) is 9.96. The molecule has 0 amide bonds. The zero-order valence-electron chi connectivity index (χ0n) is 8.66. The van der Waals surface area contributed by atoms with Crippen LogP contribution >= 0.6 is 11.3 Å². The third-order valence-corrected chi connectivity index (χ3v) is 3.76. The quantitative estimate of drug-likeness (QED) is 0.828. The molecule has 0 aliphatic carbocycles. The van der Waals surface area contributed by atoms with Crippen LogP contribution in [-0.4, -0.2) is 22.8 Å². The van der Waals surface area contributed by atoms with Crippen LogP contribution in [-0.2, 0) is 6.42 Å². The van der Waals surface area contributed by atoms with Gasteiger partial charge in [-0.3, -0.25) is 0 Å². The molecular weight excluding hydrogens is 229 g/mol. The molecular formula is C11H10FNO2S. The van der Waals surface area contributed by atoms with Gasteiger partial charge in [-0.15, -0.1) is 11.3 Å². The van der Waals surface area contributed by atoms with Crippen LogP contribution in [0.25, 0.3) is 10.2 Å². The van der Waals surface area contributed by atoms with Gasteiger partial charge in [-0.25, -0.2) is 9.37 Å². The zero-order chi connectivity index (χ0) is 11.3. The predicted octanol–water partition coefficient (Wildman–Crippen LogP) is 2.04. The molecule has 0 spiro atoms. The molecule has 16 heavy (non-hydrogen) atoms. The molecule has 1 aromatic carbocycles. The fourth-order valence-corrected chi connectivity index (χ4v) is 2.99. The first kappa shape index (κ1) is 9.99. The molecule has 3 nitrogen and oxygen atoms in total. The molecule has 2 aromatic rings. The van der Waals surface area contributed by atoms with Crippen molar-refractivity contribution in [3.05, 3.63) is 22.5 Å². The van der Waals surface area contributed by atoms with E-state index in [4.69, 9.17) is 9.84 Å². The van der Waals surface area contributed by atoms with Crippen molar-refractivity contribution in [2.45, 2.75) is 19.4 Å². The van der Waals surface area contributed by atoms with Gasteiger partial charge in [0.25, 0.3) is 0 Å². The minimum Gasteiger partial charge on any atom is -0.484 e. The van der Waals surface area contributed by atoms with E-state index >= 15 is 0 Å². The lowest BCUT2D eigenvalue weighted by Gasteiger charge is -2.05. The molecule has 3 rings (SSSR count). The Morgan fingerprint density at radius 3 is 3.25 bits per heavy atom. The number of aromatic nitrogens is 1. The first-order chi connectivity index (χ1) is 7.69. The van der Waals surface area contributed by atoms with E-state index < -0.39 is 0 Å².